The molecule has 0 unspecified atom stereocenters. The van der Waals surface area contributed by atoms with E-state index < -0.39 is 0 Å². The first-order valence-corrected chi connectivity index (χ1v) is 18.2. The molecule has 0 aromatic heterocycles. The van der Waals surface area contributed by atoms with Crippen molar-refractivity contribution in [1.82, 2.24) is 4.90 Å². The summed E-state index contributed by atoms with van der Waals surface area (Å²) in [5, 5.41) is 0. The number of nitrogens with zero attached hydrogens (tertiary/aromatic N) is 1. The van der Waals surface area contributed by atoms with Crippen LogP contribution in [0.3, 0.4) is 0 Å². The van der Waals surface area contributed by atoms with Gasteiger partial charge in [-0.15, -0.1) is 0 Å². The van der Waals surface area contributed by atoms with Crippen LogP contribution in [0.25, 0.3) is 0 Å². The second-order valence-electron chi connectivity index (χ2n) is 17.0. The van der Waals surface area contributed by atoms with E-state index >= 15 is 0 Å². The summed E-state index contributed by atoms with van der Waals surface area (Å²) in [4.78, 5) is 27.3. The number of ether oxygens (including phenoxy) is 1. The van der Waals surface area contributed by atoms with E-state index in [0.29, 0.717) is 41.0 Å². The van der Waals surface area contributed by atoms with Crippen molar-refractivity contribution in [2.45, 2.75) is 154 Å². The molecule has 8 fully saturated rings. The summed E-state index contributed by atoms with van der Waals surface area (Å²) < 4.78 is 6.11. The van der Waals surface area contributed by atoms with Gasteiger partial charge in [-0.1, -0.05) is 39.5 Å². The summed E-state index contributed by atoms with van der Waals surface area (Å²) in [6, 6.07) is 0.478. The lowest BCUT2D eigenvalue weighted by molar-refractivity contribution is -0.170. The maximum Gasteiger partial charge on any atom is 0.306 e. The summed E-state index contributed by atoms with van der Waals surface area (Å²) in [5.41, 5.74) is 0.884. The molecule has 8 rings (SSSR count). The van der Waals surface area contributed by atoms with Crippen LogP contribution in [-0.4, -0.2) is 36.0 Å². The van der Waals surface area contributed by atoms with Crippen LogP contribution < -0.4 is 0 Å². The van der Waals surface area contributed by atoms with Gasteiger partial charge in [-0.25, -0.2) is 0 Å². The molecule has 230 valence electrons. The Morgan fingerprint density at radius 2 is 1.49 bits per heavy atom. The van der Waals surface area contributed by atoms with Gasteiger partial charge < -0.3 is 9.64 Å². The highest BCUT2D eigenvalue weighted by molar-refractivity contribution is 5.77. The fraction of sp³-hybridized carbons (Fsp3) is 0.946. The lowest BCUT2D eigenvalue weighted by atomic mass is 9.46. The van der Waals surface area contributed by atoms with E-state index in [-0.39, 0.29) is 12.1 Å². The zero-order valence-corrected chi connectivity index (χ0v) is 26.6. The molecule has 0 spiro atoms. The minimum absolute atomic E-state index is 0.0948. The summed E-state index contributed by atoms with van der Waals surface area (Å²) in [5.74, 6) is 7.25. The molecule has 7 saturated carbocycles. The molecule has 1 aliphatic heterocycles. The molecule has 0 aromatic carbocycles. The second kappa shape index (κ2) is 11.1. The number of carbonyl (C=O) groups is 2. The van der Waals surface area contributed by atoms with Crippen molar-refractivity contribution < 1.29 is 14.3 Å². The zero-order chi connectivity index (χ0) is 28.4. The van der Waals surface area contributed by atoms with Crippen molar-refractivity contribution in [3.63, 3.8) is 0 Å². The van der Waals surface area contributed by atoms with Gasteiger partial charge in [0, 0.05) is 25.9 Å². The molecule has 1 saturated heterocycles. The zero-order valence-electron chi connectivity index (χ0n) is 26.6. The molecule has 4 bridgehead atoms. The topological polar surface area (TPSA) is 46.6 Å². The van der Waals surface area contributed by atoms with Gasteiger partial charge in [0.05, 0.1) is 0 Å². The summed E-state index contributed by atoms with van der Waals surface area (Å²) in [6.07, 6.45) is 25.4. The third kappa shape index (κ3) is 5.01. The molecule has 41 heavy (non-hydrogen) atoms. The van der Waals surface area contributed by atoms with Crippen molar-refractivity contribution in [3.05, 3.63) is 0 Å². The van der Waals surface area contributed by atoms with E-state index in [4.69, 9.17) is 4.74 Å². The highest BCUT2D eigenvalue weighted by Gasteiger charge is 2.61. The highest BCUT2D eigenvalue weighted by atomic mass is 16.5. The van der Waals surface area contributed by atoms with Gasteiger partial charge in [-0.3, -0.25) is 9.59 Å². The van der Waals surface area contributed by atoms with Crippen LogP contribution in [0.1, 0.15) is 142 Å². The molecule has 7 atom stereocenters. The van der Waals surface area contributed by atoms with Crippen molar-refractivity contribution in [2.24, 2.45) is 58.2 Å². The number of hydrogen-bond donors (Lipinski definition) is 0. The lowest BCUT2D eigenvalue weighted by Gasteiger charge is -2.62. The number of amides is 1. The minimum Gasteiger partial charge on any atom is -0.462 e. The van der Waals surface area contributed by atoms with Crippen molar-refractivity contribution in [3.8, 4) is 0 Å². The molecule has 0 N–H and O–H groups in total. The van der Waals surface area contributed by atoms with E-state index in [0.717, 1.165) is 54.8 Å². The van der Waals surface area contributed by atoms with Gasteiger partial charge in [0.15, 0.2) is 0 Å². The van der Waals surface area contributed by atoms with Gasteiger partial charge >= 0.3 is 5.97 Å². The molecule has 0 aromatic rings. The number of rotatable bonds is 9. The molecule has 4 nitrogen and oxygen atoms in total. The fourth-order valence-corrected chi connectivity index (χ4v) is 13.2. The quantitative estimate of drug-likeness (QED) is 0.208. The number of carbonyl (C=O) groups excluding carboxylic acids is 2. The van der Waals surface area contributed by atoms with Gasteiger partial charge in [0.25, 0.3) is 0 Å². The van der Waals surface area contributed by atoms with E-state index in [9.17, 15) is 9.59 Å². The summed E-state index contributed by atoms with van der Waals surface area (Å²) in [6.45, 7) is 5.22. The highest BCUT2D eigenvalue weighted by Crippen LogP contribution is 2.66. The Morgan fingerprint density at radius 3 is 2.24 bits per heavy atom. The molecule has 0 radical (unpaired) electrons. The average Bonchev–Trinajstić information content (AvgIpc) is 3.28. The predicted molar refractivity (Wildman–Crippen MR) is 163 cm³/mol. The van der Waals surface area contributed by atoms with Crippen LogP contribution >= 0.6 is 0 Å². The van der Waals surface area contributed by atoms with E-state index in [1.165, 1.54) is 103 Å². The molecule has 7 aliphatic carbocycles. The molecular weight excluding hydrogens is 506 g/mol. The maximum absolute atomic E-state index is 12.7. The summed E-state index contributed by atoms with van der Waals surface area (Å²) in [7, 11) is 2.08. The van der Waals surface area contributed by atoms with Crippen LogP contribution in [0, 0.1) is 58.2 Å². The van der Waals surface area contributed by atoms with Gasteiger partial charge in [-0.05, 0) is 148 Å². The molecule has 1 heterocycles. The number of hydrogen-bond acceptors (Lipinski definition) is 3. The Hall–Kier alpha value is -1.06. The Kier molecular flexibility index (Phi) is 7.80. The standard InChI is InChI=1S/C37H59NO3/c1-36-17-15-31-29(12-14-32-37(31,2)18-16-33(39)38(32)3)30(36)13-11-28(36)9-7-5-4-6-8-10-34(40)41-35-26-20-24-19-25(22-26)23-27(35)21-24/h24-32,35H,4-23H2,1-3H3/t24?,25?,26?,27?,28-,29-,30-,31-,32+,35?,36+,37+/m0/s1. The van der Waals surface area contributed by atoms with Crippen LogP contribution in [0.5, 0.6) is 0 Å². The van der Waals surface area contributed by atoms with Crippen molar-refractivity contribution in [2.75, 3.05) is 7.05 Å². The van der Waals surface area contributed by atoms with E-state index in [2.05, 4.69) is 25.8 Å². The Morgan fingerprint density at radius 1 is 0.805 bits per heavy atom. The smallest absolute Gasteiger partial charge is 0.306 e. The molecule has 1 amide bonds. The van der Waals surface area contributed by atoms with Crippen molar-refractivity contribution >= 4 is 11.9 Å². The maximum atomic E-state index is 12.7. The Labute approximate surface area is 250 Å². The lowest BCUT2D eigenvalue weighted by Crippen LogP contribution is -2.61. The van der Waals surface area contributed by atoms with E-state index in [1.54, 1.807) is 0 Å². The van der Waals surface area contributed by atoms with Crippen LogP contribution in [0.4, 0.5) is 0 Å². The first-order valence-electron chi connectivity index (χ1n) is 18.2. The third-order valence-electron chi connectivity index (χ3n) is 15.1. The normalized spacial score (nSPS) is 48.1. The number of likely N-dealkylation sites (tertiary alicyclic amines) is 1. The average molecular weight is 566 g/mol. The number of esters is 1. The number of fused-ring (bicyclic) bond motifs is 5. The largest absolute Gasteiger partial charge is 0.462 e. The first-order chi connectivity index (χ1) is 19.8. The molecule has 4 heteroatoms. The third-order valence-corrected chi connectivity index (χ3v) is 15.1. The van der Waals surface area contributed by atoms with E-state index in [1.807, 2.05) is 0 Å². The SMILES string of the molecule is CN1C(=O)CC[C@]2(C)[C@H]3CC[C@]4(C)[C@@H](CCCCCCCC(=O)OC5C6CC7CC(C6)CC5C7)CC[C@H]4[C@@H]3CC[C@@H]12. The Balaban J connectivity index is 0.821. The predicted octanol–water partition coefficient (Wildman–Crippen LogP) is 8.56. The Bertz CT molecular complexity index is 965. The second-order valence-corrected chi connectivity index (χ2v) is 17.0. The molecule has 8 aliphatic rings. The summed E-state index contributed by atoms with van der Waals surface area (Å²) >= 11 is 0. The minimum atomic E-state index is 0.0948. The number of piperidine rings is 1. The van der Waals surface area contributed by atoms with Crippen LogP contribution in [0.15, 0.2) is 0 Å². The monoisotopic (exact) mass is 565 g/mol. The van der Waals surface area contributed by atoms with Crippen LogP contribution in [-0.2, 0) is 14.3 Å². The first kappa shape index (κ1) is 28.7. The van der Waals surface area contributed by atoms with Crippen molar-refractivity contribution in [1.29, 1.82) is 0 Å². The van der Waals surface area contributed by atoms with Gasteiger partial charge in [0.2, 0.25) is 5.91 Å². The van der Waals surface area contributed by atoms with Crippen LogP contribution in [0.2, 0.25) is 0 Å². The fourth-order valence-electron chi connectivity index (χ4n) is 13.2. The van der Waals surface area contributed by atoms with Gasteiger partial charge in [-0.2, -0.15) is 0 Å². The molecular formula is C37H59NO3. The van der Waals surface area contributed by atoms with Gasteiger partial charge in [0.1, 0.15) is 6.10 Å². The number of unbranched alkanes of at least 4 members (excludes halogenated alkanes) is 4.